The van der Waals surface area contributed by atoms with E-state index in [2.05, 4.69) is 17.6 Å². The number of amides is 1. The first kappa shape index (κ1) is 14.8. The fourth-order valence-corrected chi connectivity index (χ4v) is 1.32. The van der Waals surface area contributed by atoms with Gasteiger partial charge in [0.1, 0.15) is 5.60 Å². The van der Waals surface area contributed by atoms with Gasteiger partial charge in [0.05, 0.1) is 6.04 Å². The molecule has 16 heavy (non-hydrogen) atoms. The van der Waals surface area contributed by atoms with Crippen LogP contribution in [0.25, 0.3) is 0 Å². The maximum atomic E-state index is 11.6. The molecule has 0 saturated carbocycles. The van der Waals surface area contributed by atoms with Crippen LogP contribution in [-0.4, -0.2) is 17.7 Å². The third-order valence-corrected chi connectivity index (χ3v) is 2.08. The summed E-state index contributed by atoms with van der Waals surface area (Å²) in [6.07, 6.45) is -0.402. The Bertz CT molecular complexity index is 294. The predicted molar refractivity (Wildman–Crippen MR) is 66.3 cm³/mol. The van der Waals surface area contributed by atoms with Crippen molar-refractivity contribution < 1.29 is 9.53 Å². The zero-order valence-electron chi connectivity index (χ0n) is 11.2. The lowest BCUT2D eigenvalue weighted by Gasteiger charge is -2.25. The molecule has 1 N–H and O–H groups in total. The van der Waals surface area contributed by atoms with Crippen molar-refractivity contribution in [3.05, 3.63) is 17.9 Å². The summed E-state index contributed by atoms with van der Waals surface area (Å²) in [5.41, 5.74) is 3.25. The van der Waals surface area contributed by atoms with Crippen molar-refractivity contribution in [3.8, 4) is 0 Å². The first-order chi connectivity index (χ1) is 7.17. The molecule has 0 aromatic rings. The second kappa shape index (κ2) is 5.76. The van der Waals surface area contributed by atoms with Crippen LogP contribution in [0.2, 0.25) is 0 Å². The number of hydrogen-bond acceptors (Lipinski definition) is 2. The van der Waals surface area contributed by atoms with E-state index >= 15 is 0 Å². The number of ether oxygens (including phenoxy) is 1. The first-order valence-electron chi connectivity index (χ1n) is 5.53. The number of nitrogens with one attached hydrogen (secondary N) is 1. The highest BCUT2D eigenvalue weighted by Gasteiger charge is 2.22. The predicted octanol–water partition coefficient (Wildman–Crippen LogP) is 3.27. The van der Waals surface area contributed by atoms with Gasteiger partial charge in [-0.25, -0.2) is 4.79 Å². The van der Waals surface area contributed by atoms with Crippen LogP contribution in [0.3, 0.4) is 0 Å². The van der Waals surface area contributed by atoms with Crippen molar-refractivity contribution in [2.45, 2.75) is 53.2 Å². The van der Waals surface area contributed by atoms with Crippen molar-refractivity contribution >= 4 is 6.09 Å². The largest absolute Gasteiger partial charge is 0.444 e. The molecule has 3 nitrogen and oxygen atoms in total. The van der Waals surface area contributed by atoms with Crippen LogP contribution in [-0.2, 0) is 4.74 Å². The molecule has 0 bridgehead atoms. The van der Waals surface area contributed by atoms with Crippen molar-refractivity contribution in [1.82, 2.24) is 5.32 Å². The Hall–Kier alpha value is -1.21. The Labute approximate surface area is 98.6 Å². The second-order valence-corrected chi connectivity index (χ2v) is 5.23. The van der Waals surface area contributed by atoms with E-state index in [4.69, 9.17) is 4.74 Å². The molecule has 0 fully saturated rings. The third-order valence-electron chi connectivity index (χ3n) is 2.08. The molecule has 0 rings (SSSR count). The van der Waals surface area contributed by atoms with Crippen molar-refractivity contribution in [2.75, 3.05) is 0 Å². The number of carbonyl (C=O) groups excluding carboxylic acids is 1. The second-order valence-electron chi connectivity index (χ2n) is 5.23. The Kier molecular flexibility index (Phi) is 5.32. The molecular weight excluding hydrogens is 202 g/mol. The van der Waals surface area contributed by atoms with Gasteiger partial charge in [0, 0.05) is 0 Å². The van der Waals surface area contributed by atoms with Gasteiger partial charge in [-0.1, -0.05) is 20.4 Å². The molecule has 0 heterocycles. The molecular formula is C13H23NO2. The summed E-state index contributed by atoms with van der Waals surface area (Å²) in [7, 11) is 0. The highest BCUT2D eigenvalue weighted by Crippen LogP contribution is 2.12. The lowest BCUT2D eigenvalue weighted by atomic mass is 9.98. The molecule has 0 spiro atoms. The van der Waals surface area contributed by atoms with Gasteiger partial charge in [0.15, 0.2) is 0 Å². The van der Waals surface area contributed by atoms with Crippen molar-refractivity contribution in [1.29, 1.82) is 0 Å². The van der Waals surface area contributed by atoms with Crippen LogP contribution in [0.5, 0.6) is 0 Å². The molecule has 1 amide bonds. The minimum absolute atomic E-state index is 0.0765. The topological polar surface area (TPSA) is 38.3 Å². The number of hydrogen-bond donors (Lipinski definition) is 1. The highest BCUT2D eigenvalue weighted by molar-refractivity contribution is 5.68. The number of alkyl carbamates (subject to hydrolysis) is 1. The summed E-state index contributed by atoms with van der Waals surface area (Å²) < 4.78 is 5.20. The fraction of sp³-hybridized carbons (Fsp3) is 0.692. The van der Waals surface area contributed by atoms with Crippen LogP contribution in [0.15, 0.2) is 17.9 Å². The summed E-state index contributed by atoms with van der Waals surface area (Å²) >= 11 is 0. The summed E-state index contributed by atoms with van der Waals surface area (Å²) in [5, 5.41) is 2.82. The van der Waals surface area contributed by atoms with Crippen molar-refractivity contribution in [3.63, 3.8) is 0 Å². The van der Waals surface area contributed by atoms with Gasteiger partial charge in [-0.15, -0.1) is 5.73 Å². The third kappa shape index (κ3) is 5.62. The van der Waals surface area contributed by atoms with E-state index in [-0.39, 0.29) is 12.0 Å². The minimum atomic E-state index is -0.475. The lowest BCUT2D eigenvalue weighted by molar-refractivity contribution is 0.0501. The molecule has 1 unspecified atom stereocenters. The zero-order chi connectivity index (χ0) is 12.9. The van der Waals surface area contributed by atoms with E-state index in [1.165, 1.54) is 0 Å². The molecule has 0 aromatic heterocycles. The van der Waals surface area contributed by atoms with E-state index in [1.807, 2.05) is 41.5 Å². The Morgan fingerprint density at radius 3 is 2.19 bits per heavy atom. The molecule has 92 valence electrons. The Morgan fingerprint density at radius 2 is 1.88 bits per heavy atom. The van der Waals surface area contributed by atoms with Gasteiger partial charge in [-0.3, -0.25) is 0 Å². The van der Waals surface area contributed by atoms with E-state index < -0.39 is 11.7 Å². The normalized spacial score (nSPS) is 12.9. The van der Waals surface area contributed by atoms with Gasteiger partial charge in [-0.05, 0) is 39.2 Å². The minimum Gasteiger partial charge on any atom is -0.444 e. The van der Waals surface area contributed by atoms with E-state index in [0.717, 1.165) is 5.57 Å². The van der Waals surface area contributed by atoms with Crippen molar-refractivity contribution in [2.24, 2.45) is 5.92 Å². The molecule has 1 atom stereocenters. The van der Waals surface area contributed by atoms with E-state index in [9.17, 15) is 4.79 Å². The number of carbonyl (C=O) groups is 1. The van der Waals surface area contributed by atoms with Gasteiger partial charge in [0.2, 0.25) is 0 Å². The van der Waals surface area contributed by atoms with Crippen LogP contribution in [0.4, 0.5) is 4.79 Å². The molecule has 0 saturated heterocycles. The van der Waals surface area contributed by atoms with Crippen LogP contribution in [0.1, 0.15) is 41.5 Å². The maximum absolute atomic E-state index is 11.6. The van der Waals surface area contributed by atoms with Gasteiger partial charge < -0.3 is 10.1 Å². The lowest BCUT2D eigenvalue weighted by Crippen LogP contribution is -2.42. The molecule has 0 aliphatic carbocycles. The zero-order valence-corrected chi connectivity index (χ0v) is 11.2. The van der Waals surface area contributed by atoms with Gasteiger partial charge >= 0.3 is 6.09 Å². The molecule has 3 heteroatoms. The fourth-order valence-electron chi connectivity index (χ4n) is 1.32. The summed E-state index contributed by atoms with van der Waals surface area (Å²) in [4.78, 5) is 11.6. The smallest absolute Gasteiger partial charge is 0.408 e. The summed E-state index contributed by atoms with van der Waals surface area (Å²) in [5.74, 6) is 0.279. The summed E-state index contributed by atoms with van der Waals surface area (Å²) in [6.45, 7) is 15.1. The monoisotopic (exact) mass is 225 g/mol. The average molecular weight is 225 g/mol. The molecule has 0 aliphatic heterocycles. The quantitative estimate of drug-likeness (QED) is 0.749. The van der Waals surface area contributed by atoms with Crippen LogP contribution >= 0.6 is 0 Å². The van der Waals surface area contributed by atoms with E-state index in [0.29, 0.717) is 0 Å². The standard InChI is InChI=1S/C13H23NO2/c1-8-10(4)11(9(2)3)14-12(15)16-13(5,6)7/h9,11H,1H2,2-7H3,(H,14,15). The molecule has 0 radical (unpaired) electrons. The first-order valence-corrected chi connectivity index (χ1v) is 5.53. The SMILES string of the molecule is C=C=C(C)C(NC(=O)OC(C)(C)C)C(C)C. The maximum Gasteiger partial charge on any atom is 0.408 e. The number of rotatable bonds is 3. The Balaban J connectivity index is 4.55. The highest BCUT2D eigenvalue weighted by atomic mass is 16.6. The van der Waals surface area contributed by atoms with Crippen LogP contribution < -0.4 is 5.32 Å². The molecule has 0 aromatic carbocycles. The summed E-state index contributed by atoms with van der Waals surface area (Å²) in [6, 6.07) is -0.0765. The van der Waals surface area contributed by atoms with Gasteiger partial charge in [-0.2, -0.15) is 0 Å². The Morgan fingerprint density at radius 1 is 1.38 bits per heavy atom. The van der Waals surface area contributed by atoms with Gasteiger partial charge in [0.25, 0.3) is 0 Å². The van der Waals surface area contributed by atoms with E-state index in [1.54, 1.807) is 0 Å². The average Bonchev–Trinajstić information content (AvgIpc) is 2.09. The van der Waals surface area contributed by atoms with Crippen LogP contribution in [0, 0.1) is 5.92 Å². The molecule has 0 aliphatic rings.